The van der Waals surface area contributed by atoms with Crippen molar-refractivity contribution in [1.82, 2.24) is 5.01 Å². The van der Waals surface area contributed by atoms with E-state index in [0.29, 0.717) is 11.4 Å². The van der Waals surface area contributed by atoms with Crippen molar-refractivity contribution in [3.63, 3.8) is 0 Å². The zero-order chi connectivity index (χ0) is 14.3. The molecule has 19 heavy (non-hydrogen) atoms. The second kappa shape index (κ2) is 7.55. The van der Waals surface area contributed by atoms with Crippen LogP contribution in [0.2, 0.25) is 0 Å². The molecule has 0 aliphatic rings. The van der Waals surface area contributed by atoms with Crippen molar-refractivity contribution >= 4 is 17.7 Å². The zero-order valence-corrected chi connectivity index (χ0v) is 11.4. The van der Waals surface area contributed by atoms with Crippen LogP contribution in [0.5, 0.6) is 5.75 Å². The molecule has 1 rings (SSSR count). The number of nitrogens with zero attached hydrogens (tertiary/aromatic N) is 1. The maximum absolute atomic E-state index is 10.4. The number of thioether (sulfide) groups is 1. The lowest BCUT2D eigenvalue weighted by molar-refractivity contribution is -0.137. The van der Waals surface area contributed by atoms with Gasteiger partial charge in [0.2, 0.25) is 0 Å². The first-order valence-electron chi connectivity index (χ1n) is 5.47. The smallest absolute Gasteiger partial charge is 0.324 e. The Labute approximate surface area is 116 Å². The quantitative estimate of drug-likeness (QED) is 0.387. The van der Waals surface area contributed by atoms with Gasteiger partial charge in [0.25, 0.3) is 0 Å². The van der Waals surface area contributed by atoms with Gasteiger partial charge in [0.05, 0.1) is 7.11 Å². The Morgan fingerprint density at radius 2 is 2.11 bits per heavy atom. The molecule has 1 aromatic rings. The predicted molar refractivity (Wildman–Crippen MR) is 74.5 cm³/mol. The highest BCUT2D eigenvalue weighted by Crippen LogP contribution is 2.22. The number of rotatable bonds is 7. The van der Waals surface area contributed by atoms with Gasteiger partial charge in [-0.1, -0.05) is 0 Å². The predicted octanol–water partition coefficient (Wildman–Crippen LogP) is 0.848. The molecular weight excluding hydrogens is 266 g/mol. The first-order chi connectivity index (χ1) is 9.01. The Balaban J connectivity index is 2.46. The van der Waals surface area contributed by atoms with E-state index in [1.807, 2.05) is 24.3 Å². The molecule has 0 aromatic heterocycles. The Bertz CT molecular complexity index is 448. The fourth-order valence-electron chi connectivity index (χ4n) is 1.29. The van der Waals surface area contributed by atoms with E-state index in [1.54, 1.807) is 7.11 Å². The molecule has 0 aliphatic carbocycles. The molecule has 0 bridgehead atoms. The Morgan fingerprint density at radius 3 is 2.63 bits per heavy atom. The summed E-state index contributed by atoms with van der Waals surface area (Å²) in [5.41, 5.74) is 6.26. The van der Waals surface area contributed by atoms with Gasteiger partial charge >= 0.3 is 5.97 Å². The SMILES string of the molecule is COc1ccc(SC/C(N)=C/N(N)CC(=O)O)cc1. The summed E-state index contributed by atoms with van der Waals surface area (Å²) in [4.78, 5) is 11.5. The molecule has 0 unspecified atom stereocenters. The molecule has 104 valence electrons. The van der Waals surface area contributed by atoms with E-state index < -0.39 is 5.97 Å². The number of hydrazine groups is 1. The second-order valence-corrected chi connectivity index (χ2v) is 4.78. The van der Waals surface area contributed by atoms with Crippen LogP contribution in [0, 0.1) is 0 Å². The topological polar surface area (TPSA) is 102 Å². The summed E-state index contributed by atoms with van der Waals surface area (Å²) in [5.74, 6) is 5.77. The van der Waals surface area contributed by atoms with Crippen LogP contribution in [-0.2, 0) is 4.79 Å². The minimum Gasteiger partial charge on any atom is -0.497 e. The Morgan fingerprint density at radius 1 is 1.47 bits per heavy atom. The van der Waals surface area contributed by atoms with Crippen molar-refractivity contribution in [3.8, 4) is 5.75 Å². The van der Waals surface area contributed by atoms with Crippen molar-refractivity contribution in [2.24, 2.45) is 11.6 Å². The van der Waals surface area contributed by atoms with Gasteiger partial charge in [-0.3, -0.25) is 4.79 Å². The molecule has 0 amide bonds. The summed E-state index contributed by atoms with van der Waals surface area (Å²) in [6, 6.07) is 7.58. The van der Waals surface area contributed by atoms with Gasteiger partial charge < -0.3 is 20.6 Å². The highest BCUT2D eigenvalue weighted by Gasteiger charge is 2.02. The molecule has 0 fully saturated rings. The summed E-state index contributed by atoms with van der Waals surface area (Å²) in [6.07, 6.45) is 1.42. The highest BCUT2D eigenvalue weighted by molar-refractivity contribution is 7.99. The number of nitrogens with two attached hydrogens (primary N) is 2. The van der Waals surface area contributed by atoms with Crippen molar-refractivity contribution in [2.45, 2.75) is 4.90 Å². The summed E-state index contributed by atoms with van der Waals surface area (Å²) in [5, 5.41) is 9.59. The van der Waals surface area contributed by atoms with Gasteiger partial charge in [0.1, 0.15) is 12.3 Å². The van der Waals surface area contributed by atoms with Crippen LogP contribution in [0.25, 0.3) is 0 Å². The van der Waals surface area contributed by atoms with E-state index in [-0.39, 0.29) is 6.54 Å². The number of methoxy groups -OCH3 is 1. The number of hydrogen-bond donors (Lipinski definition) is 3. The molecule has 0 atom stereocenters. The number of hydrogen-bond acceptors (Lipinski definition) is 6. The maximum Gasteiger partial charge on any atom is 0.324 e. The lowest BCUT2D eigenvalue weighted by Crippen LogP contribution is -2.32. The fraction of sp³-hybridized carbons (Fsp3) is 0.250. The normalized spacial score (nSPS) is 11.2. The van der Waals surface area contributed by atoms with Crippen molar-refractivity contribution in [1.29, 1.82) is 0 Å². The number of ether oxygens (including phenoxy) is 1. The first kappa shape index (κ1) is 15.2. The van der Waals surface area contributed by atoms with E-state index >= 15 is 0 Å². The zero-order valence-electron chi connectivity index (χ0n) is 10.6. The molecule has 0 aliphatic heterocycles. The number of aliphatic carboxylic acids is 1. The summed E-state index contributed by atoms with van der Waals surface area (Å²) in [7, 11) is 1.61. The van der Waals surface area contributed by atoms with Gasteiger partial charge in [-0.15, -0.1) is 11.8 Å². The number of carbonyl (C=O) groups is 1. The van der Waals surface area contributed by atoms with Crippen LogP contribution in [0.4, 0.5) is 0 Å². The van der Waals surface area contributed by atoms with E-state index in [0.717, 1.165) is 15.7 Å². The molecule has 0 heterocycles. The van der Waals surface area contributed by atoms with Crippen LogP contribution in [-0.4, -0.2) is 35.5 Å². The summed E-state index contributed by atoms with van der Waals surface area (Å²) < 4.78 is 5.06. The van der Waals surface area contributed by atoms with Gasteiger partial charge in [0.15, 0.2) is 0 Å². The van der Waals surface area contributed by atoms with Gasteiger partial charge in [0, 0.05) is 22.5 Å². The van der Waals surface area contributed by atoms with E-state index in [1.165, 1.54) is 18.0 Å². The first-order valence-corrected chi connectivity index (χ1v) is 6.46. The second-order valence-electron chi connectivity index (χ2n) is 3.73. The lowest BCUT2D eigenvalue weighted by Gasteiger charge is -2.11. The van der Waals surface area contributed by atoms with Crippen LogP contribution in [0.3, 0.4) is 0 Å². The van der Waals surface area contributed by atoms with Crippen LogP contribution in [0.15, 0.2) is 41.1 Å². The Hall–Kier alpha value is -1.86. The average Bonchev–Trinajstić information content (AvgIpc) is 2.36. The van der Waals surface area contributed by atoms with Crippen LogP contribution < -0.4 is 16.3 Å². The van der Waals surface area contributed by atoms with E-state index in [2.05, 4.69) is 0 Å². The molecule has 5 N–H and O–H groups in total. The third-order valence-electron chi connectivity index (χ3n) is 2.11. The van der Waals surface area contributed by atoms with Gasteiger partial charge in [-0.2, -0.15) is 0 Å². The lowest BCUT2D eigenvalue weighted by atomic mass is 10.3. The molecule has 1 aromatic carbocycles. The third-order valence-corrected chi connectivity index (χ3v) is 3.20. The summed E-state index contributed by atoms with van der Waals surface area (Å²) >= 11 is 1.53. The molecular formula is C12H17N3O3S. The van der Waals surface area contributed by atoms with E-state index in [4.69, 9.17) is 21.4 Å². The monoisotopic (exact) mass is 283 g/mol. The van der Waals surface area contributed by atoms with Gasteiger partial charge in [-0.05, 0) is 24.3 Å². The van der Waals surface area contributed by atoms with Crippen LogP contribution >= 0.6 is 11.8 Å². The maximum atomic E-state index is 10.4. The molecule has 0 saturated heterocycles. The largest absolute Gasteiger partial charge is 0.497 e. The van der Waals surface area contributed by atoms with Crippen molar-refractivity contribution in [3.05, 3.63) is 36.2 Å². The average molecular weight is 283 g/mol. The minimum atomic E-state index is -1.01. The molecule has 0 radical (unpaired) electrons. The number of carboxylic acid groups (broad SMARTS) is 1. The molecule has 7 heteroatoms. The van der Waals surface area contributed by atoms with Gasteiger partial charge in [-0.25, -0.2) is 5.84 Å². The Kier molecular flexibility index (Phi) is 6.04. The number of carboxylic acids is 1. The third kappa shape index (κ3) is 6.03. The number of benzene rings is 1. The van der Waals surface area contributed by atoms with Crippen LogP contribution in [0.1, 0.15) is 0 Å². The van der Waals surface area contributed by atoms with Crippen molar-refractivity contribution < 1.29 is 14.6 Å². The standard InChI is InChI=1S/C12H17N3O3S/c1-18-10-2-4-11(5-3-10)19-8-9(13)6-15(14)7-12(16)17/h2-6H,7-8,13-14H2,1H3,(H,16,17)/b9-6-. The van der Waals surface area contributed by atoms with Crippen molar-refractivity contribution in [2.75, 3.05) is 19.4 Å². The van der Waals surface area contributed by atoms with E-state index in [9.17, 15) is 4.79 Å². The minimum absolute atomic E-state index is 0.284. The molecule has 6 nitrogen and oxygen atoms in total. The fourth-order valence-corrected chi connectivity index (χ4v) is 2.03. The summed E-state index contributed by atoms with van der Waals surface area (Å²) in [6.45, 7) is -0.284. The molecule has 0 saturated carbocycles. The highest BCUT2D eigenvalue weighted by atomic mass is 32.2. The molecule has 0 spiro atoms.